The van der Waals surface area contributed by atoms with E-state index in [4.69, 9.17) is 4.74 Å². The van der Waals surface area contributed by atoms with E-state index in [1.54, 1.807) is 7.05 Å². The predicted molar refractivity (Wildman–Crippen MR) is 59.8 cm³/mol. The summed E-state index contributed by atoms with van der Waals surface area (Å²) in [6.07, 6.45) is 1.78. The van der Waals surface area contributed by atoms with Crippen molar-refractivity contribution >= 4 is 11.9 Å². The summed E-state index contributed by atoms with van der Waals surface area (Å²) in [4.78, 5) is 24.9. The molecule has 2 atom stereocenters. The van der Waals surface area contributed by atoms with Gasteiger partial charge in [0, 0.05) is 13.6 Å². The first-order valence-corrected chi connectivity index (χ1v) is 5.63. The van der Waals surface area contributed by atoms with Crippen LogP contribution in [0, 0.1) is 5.92 Å². The Morgan fingerprint density at radius 2 is 2.19 bits per heavy atom. The van der Waals surface area contributed by atoms with Gasteiger partial charge in [0.05, 0.1) is 19.1 Å². The number of methoxy groups -OCH3 is 1. The number of hydrogen-bond donors (Lipinski definition) is 1. The van der Waals surface area contributed by atoms with E-state index < -0.39 is 0 Å². The van der Waals surface area contributed by atoms with Crippen molar-refractivity contribution < 1.29 is 14.3 Å². The zero-order valence-corrected chi connectivity index (χ0v) is 10.2. The van der Waals surface area contributed by atoms with Crippen LogP contribution in [0.2, 0.25) is 0 Å². The number of likely N-dealkylation sites (tertiary alicyclic amines) is 1. The van der Waals surface area contributed by atoms with E-state index in [0.717, 1.165) is 19.4 Å². The normalized spacial score (nSPS) is 23.6. The van der Waals surface area contributed by atoms with Gasteiger partial charge in [0.2, 0.25) is 5.91 Å². The van der Waals surface area contributed by atoms with E-state index in [0.29, 0.717) is 6.54 Å². The third-order valence-corrected chi connectivity index (χ3v) is 3.16. The lowest BCUT2D eigenvalue weighted by atomic mass is 9.97. The minimum atomic E-state index is -0.183. The van der Waals surface area contributed by atoms with Crippen LogP contribution in [0.3, 0.4) is 0 Å². The van der Waals surface area contributed by atoms with E-state index >= 15 is 0 Å². The molecule has 5 heteroatoms. The lowest BCUT2D eigenvalue weighted by Crippen LogP contribution is -2.49. The Bertz CT molecular complexity index is 254. The summed E-state index contributed by atoms with van der Waals surface area (Å²) in [5, 5.41) is 2.62. The van der Waals surface area contributed by atoms with Gasteiger partial charge in [-0.3, -0.25) is 14.5 Å². The molecule has 1 heterocycles. The van der Waals surface area contributed by atoms with Gasteiger partial charge in [0.15, 0.2) is 0 Å². The van der Waals surface area contributed by atoms with E-state index in [9.17, 15) is 9.59 Å². The third-order valence-electron chi connectivity index (χ3n) is 3.16. The monoisotopic (exact) mass is 228 g/mol. The van der Waals surface area contributed by atoms with Crippen LogP contribution in [-0.4, -0.2) is 50.1 Å². The maximum atomic E-state index is 11.5. The Morgan fingerprint density at radius 1 is 1.50 bits per heavy atom. The number of amides is 1. The Morgan fingerprint density at radius 3 is 2.75 bits per heavy atom. The van der Waals surface area contributed by atoms with Crippen molar-refractivity contribution in [1.82, 2.24) is 10.2 Å². The lowest BCUT2D eigenvalue weighted by Gasteiger charge is -2.34. The van der Waals surface area contributed by atoms with Crippen molar-refractivity contribution in [3.8, 4) is 0 Å². The molecular formula is C11H20N2O3. The van der Waals surface area contributed by atoms with Crippen LogP contribution in [0.25, 0.3) is 0 Å². The van der Waals surface area contributed by atoms with Crippen LogP contribution in [0.15, 0.2) is 0 Å². The topological polar surface area (TPSA) is 58.6 Å². The largest absolute Gasteiger partial charge is 0.469 e. The summed E-state index contributed by atoms with van der Waals surface area (Å²) in [5.74, 6) is -0.273. The second kappa shape index (κ2) is 5.84. The third kappa shape index (κ3) is 2.95. The van der Waals surface area contributed by atoms with Gasteiger partial charge >= 0.3 is 5.97 Å². The molecule has 5 nitrogen and oxygen atoms in total. The first kappa shape index (κ1) is 13.0. The fraction of sp³-hybridized carbons (Fsp3) is 0.818. The molecule has 1 aliphatic heterocycles. The quantitative estimate of drug-likeness (QED) is 0.691. The average molecular weight is 228 g/mol. The molecule has 0 aliphatic carbocycles. The molecule has 0 radical (unpaired) electrons. The van der Waals surface area contributed by atoms with Gasteiger partial charge in [0.1, 0.15) is 0 Å². The summed E-state index contributed by atoms with van der Waals surface area (Å²) in [7, 11) is 3.03. The maximum Gasteiger partial charge on any atom is 0.309 e. The molecule has 1 rings (SSSR count). The fourth-order valence-corrected chi connectivity index (χ4v) is 2.09. The summed E-state index contributed by atoms with van der Waals surface area (Å²) in [6.45, 7) is 3.34. The van der Waals surface area contributed by atoms with Crippen LogP contribution < -0.4 is 5.32 Å². The molecule has 1 unspecified atom stereocenters. The highest BCUT2D eigenvalue weighted by molar-refractivity contribution is 5.81. The predicted octanol–water partition coefficient (Wildman–Crippen LogP) is 0.00590. The van der Waals surface area contributed by atoms with Crippen LogP contribution >= 0.6 is 0 Å². The molecule has 0 aromatic carbocycles. The SMILES string of the molecule is CNC(=O)C(C)N1CCC[C@H](C(=O)OC)C1. The second-order valence-electron chi connectivity index (χ2n) is 4.15. The molecule has 1 aliphatic rings. The maximum absolute atomic E-state index is 11.5. The second-order valence-corrected chi connectivity index (χ2v) is 4.15. The number of ether oxygens (including phenoxy) is 1. The van der Waals surface area contributed by atoms with Gasteiger partial charge in [-0.2, -0.15) is 0 Å². The number of piperidine rings is 1. The van der Waals surface area contributed by atoms with Gasteiger partial charge in [-0.15, -0.1) is 0 Å². The van der Waals surface area contributed by atoms with Crippen molar-refractivity contribution in [3.63, 3.8) is 0 Å². The van der Waals surface area contributed by atoms with E-state index in [1.165, 1.54) is 7.11 Å². The molecule has 92 valence electrons. The zero-order valence-electron chi connectivity index (χ0n) is 10.2. The Kier molecular flexibility index (Phi) is 4.73. The number of likely N-dealkylation sites (N-methyl/N-ethyl adjacent to an activating group) is 1. The molecule has 16 heavy (non-hydrogen) atoms. The van der Waals surface area contributed by atoms with E-state index in [-0.39, 0.29) is 23.8 Å². The molecular weight excluding hydrogens is 208 g/mol. The standard InChI is InChI=1S/C11H20N2O3/c1-8(10(14)12-2)13-6-4-5-9(7-13)11(15)16-3/h8-9H,4-7H2,1-3H3,(H,12,14)/t8?,9-/m0/s1. The highest BCUT2D eigenvalue weighted by Crippen LogP contribution is 2.19. The van der Waals surface area contributed by atoms with Crippen molar-refractivity contribution in [1.29, 1.82) is 0 Å². The Balaban J connectivity index is 2.56. The number of hydrogen-bond acceptors (Lipinski definition) is 4. The fourth-order valence-electron chi connectivity index (χ4n) is 2.09. The van der Waals surface area contributed by atoms with Gasteiger partial charge < -0.3 is 10.1 Å². The number of rotatable bonds is 3. The van der Waals surface area contributed by atoms with Gasteiger partial charge in [-0.1, -0.05) is 0 Å². The highest BCUT2D eigenvalue weighted by atomic mass is 16.5. The summed E-state index contributed by atoms with van der Waals surface area (Å²) in [6, 6.07) is -0.183. The lowest BCUT2D eigenvalue weighted by molar-refractivity contribution is -0.148. The van der Waals surface area contributed by atoms with Crippen LogP contribution in [0.1, 0.15) is 19.8 Å². The van der Waals surface area contributed by atoms with Crippen molar-refractivity contribution in [2.45, 2.75) is 25.8 Å². The van der Waals surface area contributed by atoms with Crippen LogP contribution in [-0.2, 0) is 14.3 Å². The Hall–Kier alpha value is -1.10. The number of nitrogens with one attached hydrogen (secondary N) is 1. The van der Waals surface area contributed by atoms with Crippen molar-refractivity contribution in [3.05, 3.63) is 0 Å². The number of esters is 1. The van der Waals surface area contributed by atoms with E-state index in [2.05, 4.69) is 5.32 Å². The summed E-state index contributed by atoms with van der Waals surface area (Å²) < 4.78 is 4.74. The van der Waals surface area contributed by atoms with E-state index in [1.807, 2.05) is 11.8 Å². The molecule has 1 fully saturated rings. The molecule has 1 amide bonds. The minimum absolute atomic E-state index is 0.00878. The van der Waals surface area contributed by atoms with Gasteiger partial charge in [0.25, 0.3) is 0 Å². The minimum Gasteiger partial charge on any atom is -0.469 e. The van der Waals surface area contributed by atoms with Crippen LogP contribution in [0.5, 0.6) is 0 Å². The molecule has 0 bridgehead atoms. The highest BCUT2D eigenvalue weighted by Gasteiger charge is 2.30. The van der Waals surface area contributed by atoms with Crippen LogP contribution in [0.4, 0.5) is 0 Å². The first-order chi connectivity index (χ1) is 7.60. The molecule has 0 saturated carbocycles. The number of nitrogens with zero attached hydrogens (tertiary/aromatic N) is 1. The molecule has 0 aromatic rings. The number of carbonyl (C=O) groups is 2. The number of carbonyl (C=O) groups excluding carboxylic acids is 2. The first-order valence-electron chi connectivity index (χ1n) is 5.63. The smallest absolute Gasteiger partial charge is 0.309 e. The molecule has 1 N–H and O–H groups in total. The Labute approximate surface area is 96.1 Å². The van der Waals surface area contributed by atoms with Gasteiger partial charge in [-0.05, 0) is 26.3 Å². The summed E-state index contributed by atoms with van der Waals surface area (Å²) >= 11 is 0. The summed E-state index contributed by atoms with van der Waals surface area (Å²) in [5.41, 5.74) is 0. The molecule has 1 saturated heterocycles. The average Bonchev–Trinajstić information content (AvgIpc) is 2.36. The zero-order chi connectivity index (χ0) is 12.1. The van der Waals surface area contributed by atoms with Gasteiger partial charge in [-0.25, -0.2) is 0 Å². The van der Waals surface area contributed by atoms with Crippen molar-refractivity contribution in [2.75, 3.05) is 27.2 Å². The van der Waals surface area contributed by atoms with Crippen molar-refractivity contribution in [2.24, 2.45) is 5.92 Å². The molecule has 0 spiro atoms. The molecule has 0 aromatic heterocycles.